The van der Waals surface area contributed by atoms with E-state index < -0.39 is 5.97 Å². The number of aromatic carboxylic acids is 1. The van der Waals surface area contributed by atoms with Gasteiger partial charge < -0.3 is 10.4 Å². The molecular weight excluding hydrogens is 282 g/mol. The average molecular weight is 298 g/mol. The first-order valence-corrected chi connectivity index (χ1v) is 6.60. The summed E-state index contributed by atoms with van der Waals surface area (Å²) in [4.78, 5) is 11.0. The van der Waals surface area contributed by atoms with E-state index in [0.29, 0.717) is 5.56 Å². The number of carboxylic acid groups (broad SMARTS) is 1. The normalized spacial score (nSPS) is 18.0. The van der Waals surface area contributed by atoms with Gasteiger partial charge in [0, 0.05) is 15.7 Å². The predicted molar refractivity (Wildman–Crippen MR) is 71.6 cm³/mol. The van der Waals surface area contributed by atoms with Gasteiger partial charge in [-0.1, -0.05) is 28.8 Å². The minimum absolute atomic E-state index is 0.108. The molecule has 0 aromatic heterocycles. The molecule has 0 unspecified atom stereocenters. The predicted octanol–water partition coefficient (Wildman–Crippen LogP) is 3.89. The largest absolute Gasteiger partial charge is 0.478 e. The molecule has 0 atom stereocenters. The standard InChI is InChI=1S/C13H16BrNO2/c1-13(4-2-3-5-13)15-11-7-9(12(16)17)6-10(14)8-11/h6-8,15H,2-5H2,1H3,(H,16,17). The minimum atomic E-state index is -0.897. The maximum absolute atomic E-state index is 11.0. The first-order valence-electron chi connectivity index (χ1n) is 5.81. The van der Waals surface area contributed by atoms with E-state index in [-0.39, 0.29) is 5.54 Å². The highest BCUT2D eigenvalue weighted by Gasteiger charge is 2.28. The van der Waals surface area contributed by atoms with Crippen LogP contribution in [0.25, 0.3) is 0 Å². The van der Waals surface area contributed by atoms with Crippen molar-refractivity contribution in [3.63, 3.8) is 0 Å². The quantitative estimate of drug-likeness (QED) is 0.890. The SMILES string of the molecule is CC1(Nc2cc(Br)cc(C(=O)O)c2)CCCC1. The Morgan fingerprint density at radius 3 is 2.59 bits per heavy atom. The van der Waals surface area contributed by atoms with Crippen molar-refractivity contribution in [2.24, 2.45) is 0 Å². The Labute approximate surface area is 109 Å². The minimum Gasteiger partial charge on any atom is -0.478 e. The smallest absolute Gasteiger partial charge is 0.335 e. The van der Waals surface area contributed by atoms with Crippen molar-refractivity contribution < 1.29 is 9.90 Å². The van der Waals surface area contributed by atoms with Gasteiger partial charge in [0.25, 0.3) is 0 Å². The van der Waals surface area contributed by atoms with Gasteiger partial charge in [0.05, 0.1) is 5.56 Å². The molecule has 2 rings (SSSR count). The molecule has 92 valence electrons. The molecule has 0 spiro atoms. The van der Waals surface area contributed by atoms with E-state index in [1.54, 1.807) is 12.1 Å². The van der Waals surface area contributed by atoms with Crippen LogP contribution in [0.2, 0.25) is 0 Å². The summed E-state index contributed by atoms with van der Waals surface area (Å²) in [5, 5.41) is 12.5. The fourth-order valence-corrected chi connectivity index (χ4v) is 2.91. The Morgan fingerprint density at radius 1 is 1.35 bits per heavy atom. The molecule has 1 aromatic carbocycles. The van der Waals surface area contributed by atoms with E-state index in [0.717, 1.165) is 23.0 Å². The third kappa shape index (κ3) is 3.00. The number of hydrogen-bond donors (Lipinski definition) is 2. The van der Waals surface area contributed by atoms with E-state index in [1.807, 2.05) is 6.07 Å². The average Bonchev–Trinajstić information content (AvgIpc) is 2.63. The van der Waals surface area contributed by atoms with Gasteiger partial charge in [-0.15, -0.1) is 0 Å². The molecule has 1 fully saturated rings. The molecule has 0 heterocycles. The number of rotatable bonds is 3. The summed E-state index contributed by atoms with van der Waals surface area (Å²) in [6, 6.07) is 5.23. The Kier molecular flexibility index (Phi) is 3.43. The van der Waals surface area contributed by atoms with E-state index >= 15 is 0 Å². The van der Waals surface area contributed by atoms with E-state index in [9.17, 15) is 4.79 Å². The van der Waals surface area contributed by atoms with Crippen molar-refractivity contribution in [2.45, 2.75) is 38.1 Å². The van der Waals surface area contributed by atoms with Gasteiger partial charge in [0.1, 0.15) is 0 Å². The van der Waals surface area contributed by atoms with Crippen molar-refractivity contribution >= 4 is 27.6 Å². The summed E-state index contributed by atoms with van der Waals surface area (Å²) in [7, 11) is 0. The summed E-state index contributed by atoms with van der Waals surface area (Å²) in [5.74, 6) is -0.897. The van der Waals surface area contributed by atoms with Gasteiger partial charge in [-0.25, -0.2) is 4.79 Å². The summed E-state index contributed by atoms with van der Waals surface area (Å²) < 4.78 is 0.793. The number of benzene rings is 1. The molecule has 1 aliphatic rings. The zero-order valence-corrected chi connectivity index (χ0v) is 11.4. The molecule has 0 saturated heterocycles. The molecule has 0 amide bonds. The lowest BCUT2D eigenvalue weighted by Crippen LogP contribution is -2.30. The third-order valence-corrected chi connectivity index (χ3v) is 3.76. The number of nitrogens with one attached hydrogen (secondary N) is 1. The molecule has 17 heavy (non-hydrogen) atoms. The highest BCUT2D eigenvalue weighted by Crippen LogP contribution is 2.33. The van der Waals surface area contributed by atoms with Gasteiger partial charge in [0.15, 0.2) is 0 Å². The zero-order chi connectivity index (χ0) is 12.5. The number of hydrogen-bond acceptors (Lipinski definition) is 2. The second-order valence-electron chi connectivity index (χ2n) is 4.93. The molecule has 1 aromatic rings. The first kappa shape index (κ1) is 12.4. The van der Waals surface area contributed by atoms with E-state index in [2.05, 4.69) is 28.2 Å². The van der Waals surface area contributed by atoms with Crippen LogP contribution < -0.4 is 5.32 Å². The van der Waals surface area contributed by atoms with Gasteiger partial charge in [-0.3, -0.25) is 0 Å². The summed E-state index contributed by atoms with van der Waals surface area (Å²) in [5.41, 5.74) is 1.29. The number of anilines is 1. The number of carbonyl (C=O) groups is 1. The van der Waals surface area contributed by atoms with Crippen LogP contribution in [0.3, 0.4) is 0 Å². The fourth-order valence-electron chi connectivity index (χ4n) is 2.41. The zero-order valence-electron chi connectivity index (χ0n) is 9.79. The third-order valence-electron chi connectivity index (χ3n) is 3.30. The van der Waals surface area contributed by atoms with Crippen molar-refractivity contribution in [3.8, 4) is 0 Å². The van der Waals surface area contributed by atoms with Crippen molar-refractivity contribution in [1.82, 2.24) is 0 Å². The van der Waals surface area contributed by atoms with Crippen LogP contribution >= 0.6 is 15.9 Å². The summed E-state index contributed by atoms with van der Waals surface area (Å²) >= 11 is 3.34. The summed E-state index contributed by atoms with van der Waals surface area (Å²) in [6.07, 6.45) is 4.76. The maximum Gasteiger partial charge on any atom is 0.335 e. The highest BCUT2D eigenvalue weighted by molar-refractivity contribution is 9.10. The van der Waals surface area contributed by atoms with Crippen molar-refractivity contribution in [3.05, 3.63) is 28.2 Å². The Hall–Kier alpha value is -1.03. The van der Waals surface area contributed by atoms with Crippen LogP contribution in [0.15, 0.2) is 22.7 Å². The molecule has 4 heteroatoms. The second kappa shape index (κ2) is 4.69. The first-order chi connectivity index (χ1) is 7.98. The lowest BCUT2D eigenvalue weighted by molar-refractivity contribution is 0.0697. The molecular formula is C13H16BrNO2. The van der Waals surface area contributed by atoms with Gasteiger partial charge in [0.2, 0.25) is 0 Å². The highest BCUT2D eigenvalue weighted by atomic mass is 79.9. The van der Waals surface area contributed by atoms with Gasteiger partial charge in [-0.05, 0) is 38.0 Å². The second-order valence-corrected chi connectivity index (χ2v) is 5.84. The Bertz CT molecular complexity index is 439. The number of carboxylic acids is 1. The maximum atomic E-state index is 11.0. The topological polar surface area (TPSA) is 49.3 Å². The molecule has 2 N–H and O–H groups in total. The molecule has 0 bridgehead atoms. The summed E-state index contributed by atoms with van der Waals surface area (Å²) in [6.45, 7) is 2.20. The Morgan fingerprint density at radius 2 is 2.00 bits per heavy atom. The van der Waals surface area contributed by atoms with Crippen LogP contribution in [0.1, 0.15) is 43.0 Å². The molecule has 0 aliphatic heterocycles. The van der Waals surface area contributed by atoms with E-state index in [4.69, 9.17) is 5.11 Å². The fraction of sp³-hybridized carbons (Fsp3) is 0.462. The molecule has 1 aliphatic carbocycles. The van der Waals surface area contributed by atoms with Crippen LogP contribution in [0, 0.1) is 0 Å². The van der Waals surface area contributed by atoms with Gasteiger partial charge >= 0.3 is 5.97 Å². The van der Waals surface area contributed by atoms with Crippen molar-refractivity contribution in [1.29, 1.82) is 0 Å². The van der Waals surface area contributed by atoms with Crippen LogP contribution in [0.5, 0.6) is 0 Å². The monoisotopic (exact) mass is 297 g/mol. The number of halogens is 1. The molecule has 0 radical (unpaired) electrons. The van der Waals surface area contributed by atoms with Crippen LogP contribution in [-0.4, -0.2) is 16.6 Å². The lowest BCUT2D eigenvalue weighted by Gasteiger charge is -2.27. The van der Waals surface area contributed by atoms with Crippen LogP contribution in [-0.2, 0) is 0 Å². The van der Waals surface area contributed by atoms with Gasteiger partial charge in [-0.2, -0.15) is 0 Å². The lowest BCUT2D eigenvalue weighted by atomic mass is 10.00. The van der Waals surface area contributed by atoms with Crippen molar-refractivity contribution in [2.75, 3.05) is 5.32 Å². The molecule has 3 nitrogen and oxygen atoms in total. The molecule has 1 saturated carbocycles. The van der Waals surface area contributed by atoms with Crippen LogP contribution in [0.4, 0.5) is 5.69 Å². The van der Waals surface area contributed by atoms with E-state index in [1.165, 1.54) is 12.8 Å². The Balaban J connectivity index is 2.23.